The molecule has 0 bridgehead atoms. The summed E-state index contributed by atoms with van der Waals surface area (Å²) in [5.74, 6) is 0.833. The van der Waals surface area contributed by atoms with E-state index in [4.69, 9.17) is 4.52 Å². The largest absolute Gasteiger partial charge is 0.356 e. The quantitative estimate of drug-likeness (QED) is 0.540. The second-order valence-corrected chi connectivity index (χ2v) is 2.20. The SMILES string of the molecule is CC.Cc1noc(C)c1[SH2+]. The highest BCUT2D eigenvalue weighted by atomic mass is 32.1. The Kier molecular flexibility index (Phi) is 4.19. The second-order valence-electron chi connectivity index (χ2n) is 1.70. The predicted molar refractivity (Wildman–Crippen MR) is 45.7 cm³/mol. The van der Waals surface area contributed by atoms with Gasteiger partial charge < -0.3 is 4.52 Å². The van der Waals surface area contributed by atoms with Crippen LogP contribution in [0.3, 0.4) is 0 Å². The van der Waals surface area contributed by atoms with E-state index in [2.05, 4.69) is 17.8 Å². The van der Waals surface area contributed by atoms with Crippen molar-refractivity contribution in [1.29, 1.82) is 0 Å². The van der Waals surface area contributed by atoms with E-state index < -0.39 is 0 Å². The highest BCUT2D eigenvalue weighted by Gasteiger charge is 2.07. The summed E-state index contributed by atoms with van der Waals surface area (Å²) in [6, 6.07) is 0. The van der Waals surface area contributed by atoms with Gasteiger partial charge in [-0.05, 0) is 19.6 Å². The zero-order valence-corrected chi connectivity index (χ0v) is 7.86. The van der Waals surface area contributed by atoms with Crippen LogP contribution in [0.25, 0.3) is 0 Å². The number of hydrogen-bond acceptors (Lipinski definition) is 2. The van der Waals surface area contributed by atoms with Gasteiger partial charge in [0.15, 0.2) is 5.76 Å². The Bertz CT molecular complexity index is 176. The molecule has 1 rings (SSSR count). The van der Waals surface area contributed by atoms with Crippen molar-refractivity contribution < 1.29 is 4.52 Å². The Morgan fingerprint density at radius 2 is 1.80 bits per heavy atom. The number of hydrogen-bond donors (Lipinski definition) is 0. The maximum Gasteiger partial charge on any atom is 0.215 e. The van der Waals surface area contributed by atoms with Crippen LogP contribution in [-0.2, 0) is 12.6 Å². The standard InChI is InChI=1S/C5H7NOS.C2H6/c1-3-5(8)4(2)7-6-3;1-2/h8H,1-2H3;1-2H3/p+1. The number of rotatable bonds is 0. The molecule has 0 unspecified atom stereocenters. The Morgan fingerprint density at radius 1 is 1.30 bits per heavy atom. The normalized spacial score (nSPS) is 8.50. The van der Waals surface area contributed by atoms with Crippen LogP contribution in [0.2, 0.25) is 0 Å². The lowest BCUT2D eigenvalue weighted by Gasteiger charge is -1.71. The molecule has 3 heteroatoms. The average molecular weight is 160 g/mol. The molecule has 0 N–H and O–H groups in total. The molecule has 0 amide bonds. The Hall–Kier alpha value is -0.440. The van der Waals surface area contributed by atoms with E-state index in [1.54, 1.807) is 0 Å². The topological polar surface area (TPSA) is 26.0 Å². The molecule has 0 aliphatic carbocycles. The molecule has 10 heavy (non-hydrogen) atoms. The van der Waals surface area contributed by atoms with Crippen molar-refractivity contribution in [2.75, 3.05) is 0 Å². The number of nitrogens with zero attached hydrogens (tertiary/aromatic N) is 1. The summed E-state index contributed by atoms with van der Waals surface area (Å²) in [6.07, 6.45) is 0. The maximum atomic E-state index is 4.80. The van der Waals surface area contributed by atoms with Crippen LogP contribution < -0.4 is 0 Å². The van der Waals surface area contributed by atoms with Crippen LogP contribution >= 0.6 is 0 Å². The molecular formula is C7H14NOS+. The van der Waals surface area contributed by atoms with Gasteiger partial charge >= 0.3 is 0 Å². The van der Waals surface area contributed by atoms with Gasteiger partial charge in [0.2, 0.25) is 4.90 Å². The van der Waals surface area contributed by atoms with Crippen molar-refractivity contribution in [2.24, 2.45) is 0 Å². The smallest absolute Gasteiger partial charge is 0.215 e. The van der Waals surface area contributed by atoms with Crippen molar-refractivity contribution in [3.05, 3.63) is 11.5 Å². The summed E-state index contributed by atoms with van der Waals surface area (Å²) in [5.41, 5.74) is 0.902. The van der Waals surface area contributed by atoms with Crippen LogP contribution in [0.4, 0.5) is 0 Å². The maximum absolute atomic E-state index is 4.80. The van der Waals surface area contributed by atoms with E-state index >= 15 is 0 Å². The van der Waals surface area contributed by atoms with Crippen molar-refractivity contribution in [3.8, 4) is 0 Å². The average Bonchev–Trinajstić information content (AvgIpc) is 2.25. The molecule has 0 aliphatic heterocycles. The van der Waals surface area contributed by atoms with Crippen molar-refractivity contribution in [1.82, 2.24) is 5.16 Å². The first-order valence-electron chi connectivity index (χ1n) is 3.36. The zero-order chi connectivity index (χ0) is 8.15. The molecule has 1 heterocycles. The molecule has 0 atom stereocenters. The first-order chi connectivity index (χ1) is 4.72. The van der Waals surface area contributed by atoms with E-state index in [1.807, 2.05) is 27.7 Å². The van der Waals surface area contributed by atoms with E-state index in [9.17, 15) is 0 Å². The summed E-state index contributed by atoms with van der Waals surface area (Å²) in [5, 5.41) is 3.69. The lowest BCUT2D eigenvalue weighted by Crippen LogP contribution is -1.72. The summed E-state index contributed by atoms with van der Waals surface area (Å²) in [6.45, 7) is 7.75. The third-order valence-electron chi connectivity index (χ3n) is 1.03. The molecule has 0 spiro atoms. The van der Waals surface area contributed by atoms with Gasteiger partial charge in [-0.3, -0.25) is 0 Å². The molecule has 0 radical (unpaired) electrons. The van der Waals surface area contributed by atoms with E-state index in [1.165, 1.54) is 0 Å². The molecule has 0 saturated heterocycles. The van der Waals surface area contributed by atoms with Crippen molar-refractivity contribution in [3.63, 3.8) is 0 Å². The van der Waals surface area contributed by atoms with Crippen LogP contribution in [0.15, 0.2) is 9.42 Å². The van der Waals surface area contributed by atoms with Crippen LogP contribution in [0.1, 0.15) is 25.3 Å². The fourth-order valence-electron chi connectivity index (χ4n) is 0.483. The van der Waals surface area contributed by atoms with Gasteiger partial charge in [-0.2, -0.15) is 0 Å². The van der Waals surface area contributed by atoms with Crippen molar-refractivity contribution in [2.45, 2.75) is 32.6 Å². The molecular weight excluding hydrogens is 146 g/mol. The highest BCUT2D eigenvalue weighted by molar-refractivity contribution is 7.58. The summed E-state index contributed by atoms with van der Waals surface area (Å²) < 4.78 is 4.80. The van der Waals surface area contributed by atoms with E-state index in [-0.39, 0.29) is 0 Å². The zero-order valence-electron chi connectivity index (χ0n) is 6.86. The van der Waals surface area contributed by atoms with Gasteiger partial charge in [0.05, 0.1) is 0 Å². The summed E-state index contributed by atoms with van der Waals surface area (Å²) in [7, 11) is 0. The molecule has 0 aromatic carbocycles. The highest BCUT2D eigenvalue weighted by Crippen LogP contribution is 2.09. The third kappa shape index (κ3) is 2.06. The minimum atomic E-state index is 0.833. The molecule has 2 nitrogen and oxygen atoms in total. The number of aromatic nitrogens is 1. The van der Waals surface area contributed by atoms with Gasteiger partial charge in [-0.1, -0.05) is 19.0 Å². The van der Waals surface area contributed by atoms with Gasteiger partial charge in [-0.25, -0.2) is 0 Å². The minimum Gasteiger partial charge on any atom is -0.356 e. The van der Waals surface area contributed by atoms with Gasteiger partial charge in [0, 0.05) is 6.92 Å². The van der Waals surface area contributed by atoms with Gasteiger partial charge in [0.1, 0.15) is 5.69 Å². The molecule has 0 saturated carbocycles. The third-order valence-corrected chi connectivity index (χ3v) is 1.75. The first-order valence-corrected chi connectivity index (χ1v) is 3.86. The van der Waals surface area contributed by atoms with Gasteiger partial charge in [0.25, 0.3) is 0 Å². The minimum absolute atomic E-state index is 0.833. The Balaban J connectivity index is 0.000000371. The first kappa shape index (κ1) is 9.56. The summed E-state index contributed by atoms with van der Waals surface area (Å²) >= 11 is 3.34. The van der Waals surface area contributed by atoms with Crippen molar-refractivity contribution >= 4 is 12.6 Å². The fourth-order valence-corrected chi connectivity index (χ4v) is 0.574. The molecule has 1 aromatic rings. The molecule has 58 valence electrons. The number of aryl methyl sites for hydroxylation is 2. The Labute approximate surface area is 67.0 Å². The van der Waals surface area contributed by atoms with Crippen LogP contribution in [0, 0.1) is 13.8 Å². The fraction of sp³-hybridized carbons (Fsp3) is 0.571. The lowest BCUT2D eigenvalue weighted by molar-refractivity contribution is 0.391. The monoisotopic (exact) mass is 160 g/mol. The van der Waals surface area contributed by atoms with E-state index in [0.29, 0.717) is 0 Å². The summed E-state index contributed by atoms with van der Waals surface area (Å²) in [4.78, 5) is 0.963. The van der Waals surface area contributed by atoms with Gasteiger partial charge in [-0.15, -0.1) is 0 Å². The molecule has 1 aromatic heterocycles. The molecule has 0 fully saturated rings. The Morgan fingerprint density at radius 3 is 1.90 bits per heavy atom. The predicted octanol–water partition coefficient (Wildman–Crippen LogP) is 1.69. The molecule has 0 aliphatic rings. The second kappa shape index (κ2) is 4.39. The van der Waals surface area contributed by atoms with Crippen LogP contribution in [0.5, 0.6) is 0 Å². The van der Waals surface area contributed by atoms with Crippen LogP contribution in [-0.4, -0.2) is 5.16 Å². The van der Waals surface area contributed by atoms with E-state index in [0.717, 1.165) is 16.3 Å². The lowest BCUT2D eigenvalue weighted by atomic mass is 10.4.